The van der Waals surface area contributed by atoms with Crippen molar-refractivity contribution in [1.29, 1.82) is 0 Å². The SMILES string of the molecule is COC(=O)c1sc(NC2CCCC2)c(C(=O)OC)c1N. The van der Waals surface area contributed by atoms with Crippen LogP contribution in [0.4, 0.5) is 10.7 Å². The first kappa shape index (κ1) is 14.6. The molecule has 3 N–H and O–H groups in total. The normalized spacial score (nSPS) is 15.1. The first-order chi connectivity index (χ1) is 9.58. The van der Waals surface area contributed by atoms with Crippen LogP contribution in [0.25, 0.3) is 0 Å². The number of hydrogen-bond acceptors (Lipinski definition) is 7. The maximum absolute atomic E-state index is 11.9. The number of esters is 2. The zero-order chi connectivity index (χ0) is 14.7. The van der Waals surface area contributed by atoms with Crippen LogP contribution < -0.4 is 11.1 Å². The molecule has 110 valence electrons. The third kappa shape index (κ3) is 2.72. The highest BCUT2D eigenvalue weighted by molar-refractivity contribution is 7.19. The van der Waals surface area contributed by atoms with Crippen molar-refractivity contribution in [2.75, 3.05) is 25.3 Å². The monoisotopic (exact) mass is 298 g/mol. The first-order valence-electron chi connectivity index (χ1n) is 6.44. The van der Waals surface area contributed by atoms with E-state index in [0.29, 0.717) is 11.0 Å². The van der Waals surface area contributed by atoms with Gasteiger partial charge in [-0.3, -0.25) is 0 Å². The highest BCUT2D eigenvalue weighted by atomic mass is 32.1. The molecule has 20 heavy (non-hydrogen) atoms. The van der Waals surface area contributed by atoms with Gasteiger partial charge in [-0.25, -0.2) is 9.59 Å². The van der Waals surface area contributed by atoms with Gasteiger partial charge in [0.25, 0.3) is 0 Å². The number of nitrogens with one attached hydrogen (secondary N) is 1. The minimum absolute atomic E-state index is 0.120. The van der Waals surface area contributed by atoms with Gasteiger partial charge in [-0.1, -0.05) is 12.8 Å². The average molecular weight is 298 g/mol. The van der Waals surface area contributed by atoms with Crippen molar-refractivity contribution in [2.45, 2.75) is 31.7 Å². The summed E-state index contributed by atoms with van der Waals surface area (Å²) in [6.45, 7) is 0. The fraction of sp³-hybridized carbons (Fsp3) is 0.538. The van der Waals surface area contributed by atoms with Gasteiger partial charge >= 0.3 is 11.9 Å². The number of rotatable bonds is 4. The van der Waals surface area contributed by atoms with Crippen LogP contribution in [0.2, 0.25) is 0 Å². The second-order valence-corrected chi connectivity index (χ2v) is 5.68. The van der Waals surface area contributed by atoms with Gasteiger partial charge in [0.2, 0.25) is 0 Å². The van der Waals surface area contributed by atoms with E-state index in [4.69, 9.17) is 10.5 Å². The zero-order valence-electron chi connectivity index (χ0n) is 11.5. The molecular formula is C13H18N2O4S. The summed E-state index contributed by atoms with van der Waals surface area (Å²) >= 11 is 1.14. The van der Waals surface area contributed by atoms with E-state index in [1.165, 1.54) is 14.2 Å². The number of thiophene rings is 1. The Morgan fingerprint density at radius 2 is 1.80 bits per heavy atom. The minimum atomic E-state index is -0.547. The molecule has 0 radical (unpaired) electrons. The molecule has 6 nitrogen and oxygen atoms in total. The number of ether oxygens (including phenoxy) is 2. The van der Waals surface area contributed by atoms with Crippen LogP contribution in [0.3, 0.4) is 0 Å². The molecule has 0 aromatic carbocycles. The van der Waals surface area contributed by atoms with Gasteiger partial charge in [-0.2, -0.15) is 0 Å². The van der Waals surface area contributed by atoms with Gasteiger partial charge in [0.05, 0.1) is 19.9 Å². The summed E-state index contributed by atoms with van der Waals surface area (Å²) in [4.78, 5) is 23.8. The molecule has 0 spiro atoms. The summed E-state index contributed by atoms with van der Waals surface area (Å²) in [5.41, 5.74) is 6.25. The molecule has 0 saturated heterocycles. The first-order valence-corrected chi connectivity index (χ1v) is 7.25. The van der Waals surface area contributed by atoms with Gasteiger partial charge < -0.3 is 20.5 Å². The Bertz CT molecular complexity index is 521. The number of hydrogen-bond donors (Lipinski definition) is 2. The molecule has 0 amide bonds. The van der Waals surface area contributed by atoms with Crippen LogP contribution in [0.5, 0.6) is 0 Å². The lowest BCUT2D eigenvalue weighted by Gasteiger charge is -2.12. The van der Waals surface area contributed by atoms with Crippen LogP contribution in [0.1, 0.15) is 45.7 Å². The number of carbonyl (C=O) groups excluding carboxylic acids is 2. The average Bonchev–Trinajstić information content (AvgIpc) is 3.06. The van der Waals surface area contributed by atoms with Gasteiger partial charge in [0.1, 0.15) is 15.4 Å². The molecule has 2 rings (SSSR count). The van der Waals surface area contributed by atoms with Crippen molar-refractivity contribution in [3.05, 3.63) is 10.4 Å². The molecule has 7 heteroatoms. The molecule has 1 aromatic heterocycles. The van der Waals surface area contributed by atoms with Crippen molar-refractivity contribution in [3.63, 3.8) is 0 Å². The third-order valence-electron chi connectivity index (χ3n) is 3.40. The third-order valence-corrected chi connectivity index (χ3v) is 4.51. The molecule has 1 saturated carbocycles. The zero-order valence-corrected chi connectivity index (χ0v) is 12.3. The standard InChI is InChI=1S/C13H18N2O4S/c1-18-12(16)8-9(14)10(13(17)19-2)20-11(8)15-7-5-3-4-6-7/h7,15H,3-6,14H2,1-2H3. The molecule has 1 aromatic rings. The van der Waals surface area contributed by atoms with E-state index in [9.17, 15) is 9.59 Å². The summed E-state index contributed by atoms with van der Waals surface area (Å²) in [6.07, 6.45) is 4.42. The molecule has 0 atom stereocenters. The Balaban J connectivity index is 2.36. The van der Waals surface area contributed by atoms with Crippen LogP contribution in [-0.2, 0) is 9.47 Å². The molecular weight excluding hydrogens is 280 g/mol. The predicted octanol–water partition coefficient (Wildman–Crippen LogP) is 2.26. The lowest BCUT2D eigenvalue weighted by Crippen LogP contribution is -2.16. The molecule has 1 fully saturated rings. The van der Waals surface area contributed by atoms with E-state index < -0.39 is 11.9 Å². The van der Waals surface area contributed by atoms with Crippen LogP contribution in [-0.4, -0.2) is 32.2 Å². The van der Waals surface area contributed by atoms with E-state index in [1.807, 2.05) is 0 Å². The van der Waals surface area contributed by atoms with E-state index in [1.54, 1.807) is 0 Å². The van der Waals surface area contributed by atoms with Gasteiger partial charge in [0, 0.05) is 6.04 Å². The van der Waals surface area contributed by atoms with Crippen molar-refractivity contribution in [2.24, 2.45) is 0 Å². The van der Waals surface area contributed by atoms with E-state index in [2.05, 4.69) is 10.1 Å². The maximum atomic E-state index is 11.9. The van der Waals surface area contributed by atoms with Gasteiger partial charge in [0.15, 0.2) is 0 Å². The molecule has 0 bridgehead atoms. The maximum Gasteiger partial charge on any atom is 0.350 e. The summed E-state index contributed by atoms with van der Waals surface area (Å²) in [6, 6.07) is 0.307. The smallest absolute Gasteiger partial charge is 0.350 e. The second-order valence-electron chi connectivity index (χ2n) is 4.66. The van der Waals surface area contributed by atoms with Crippen LogP contribution in [0.15, 0.2) is 0 Å². The largest absolute Gasteiger partial charge is 0.465 e. The van der Waals surface area contributed by atoms with Crippen LogP contribution >= 0.6 is 11.3 Å². The molecule has 1 heterocycles. The molecule has 0 aliphatic heterocycles. The summed E-state index contributed by atoms with van der Waals surface area (Å²) < 4.78 is 9.42. The van der Waals surface area contributed by atoms with E-state index in [-0.39, 0.29) is 16.1 Å². The molecule has 0 unspecified atom stereocenters. The van der Waals surface area contributed by atoms with E-state index >= 15 is 0 Å². The van der Waals surface area contributed by atoms with Crippen molar-refractivity contribution >= 4 is 34.0 Å². The fourth-order valence-corrected chi connectivity index (χ4v) is 3.45. The Hall–Kier alpha value is -1.76. The lowest BCUT2D eigenvalue weighted by atomic mass is 10.2. The Kier molecular flexibility index (Phi) is 4.49. The summed E-state index contributed by atoms with van der Waals surface area (Å²) in [5, 5.41) is 3.88. The number of carbonyl (C=O) groups is 2. The Morgan fingerprint density at radius 1 is 1.20 bits per heavy atom. The molecule has 1 aliphatic carbocycles. The van der Waals surface area contributed by atoms with Crippen LogP contribution in [0, 0.1) is 0 Å². The number of nitrogens with two attached hydrogens (primary N) is 1. The van der Waals surface area contributed by atoms with Crippen molar-refractivity contribution in [1.82, 2.24) is 0 Å². The summed E-state index contributed by atoms with van der Waals surface area (Å²) in [7, 11) is 2.57. The second kappa shape index (κ2) is 6.13. The number of nitrogen functional groups attached to an aromatic ring is 1. The molecule has 1 aliphatic rings. The summed E-state index contributed by atoms with van der Waals surface area (Å²) in [5.74, 6) is -1.09. The van der Waals surface area contributed by atoms with Gasteiger partial charge in [-0.05, 0) is 12.8 Å². The number of methoxy groups -OCH3 is 2. The van der Waals surface area contributed by atoms with Crippen molar-refractivity contribution < 1.29 is 19.1 Å². The van der Waals surface area contributed by atoms with Crippen molar-refractivity contribution in [3.8, 4) is 0 Å². The highest BCUT2D eigenvalue weighted by Crippen LogP contribution is 2.38. The predicted molar refractivity (Wildman–Crippen MR) is 77.3 cm³/mol. The quantitative estimate of drug-likeness (QED) is 0.829. The topological polar surface area (TPSA) is 90.6 Å². The lowest BCUT2D eigenvalue weighted by molar-refractivity contribution is 0.0602. The van der Waals surface area contributed by atoms with Gasteiger partial charge in [-0.15, -0.1) is 11.3 Å². The number of anilines is 2. The van der Waals surface area contributed by atoms with E-state index in [0.717, 1.165) is 37.0 Å². The Morgan fingerprint density at radius 3 is 2.35 bits per heavy atom. The highest BCUT2D eigenvalue weighted by Gasteiger charge is 2.28. The fourth-order valence-electron chi connectivity index (χ4n) is 2.35. The Labute approximate surface area is 121 Å². The minimum Gasteiger partial charge on any atom is -0.465 e.